The van der Waals surface area contributed by atoms with Crippen LogP contribution in [0.4, 0.5) is 0 Å². The zero-order chi connectivity index (χ0) is 11.7. The average Bonchev–Trinajstić information content (AvgIpc) is 2.67. The van der Waals surface area contributed by atoms with Gasteiger partial charge in [-0.25, -0.2) is 4.98 Å². The summed E-state index contributed by atoms with van der Waals surface area (Å²) in [5.74, 6) is 0.490. The Morgan fingerprint density at radius 1 is 1.69 bits per heavy atom. The quantitative estimate of drug-likeness (QED) is 0.802. The topological polar surface area (TPSA) is 59.2 Å². The fraction of sp³-hybridized carbons (Fsp3) is 0.636. The van der Waals surface area contributed by atoms with Crippen LogP contribution >= 0.6 is 11.3 Å². The minimum atomic E-state index is 0.110. The van der Waals surface area contributed by atoms with E-state index in [0.717, 1.165) is 30.1 Å². The van der Waals surface area contributed by atoms with Crippen LogP contribution in [0.25, 0.3) is 0 Å². The molecule has 0 radical (unpaired) electrons. The highest BCUT2D eigenvalue weighted by Gasteiger charge is 2.28. The summed E-state index contributed by atoms with van der Waals surface area (Å²) in [6, 6.07) is 0.228. The number of rotatable bonds is 1. The maximum absolute atomic E-state index is 12.2. The van der Waals surface area contributed by atoms with Gasteiger partial charge in [0.25, 0.3) is 5.91 Å². The Kier molecular flexibility index (Phi) is 3.25. The molecule has 2 heterocycles. The molecular formula is C11H17N3OS. The van der Waals surface area contributed by atoms with Gasteiger partial charge in [0.1, 0.15) is 4.88 Å². The molecule has 1 amide bonds. The van der Waals surface area contributed by atoms with E-state index in [4.69, 9.17) is 5.73 Å². The van der Waals surface area contributed by atoms with Crippen molar-refractivity contribution in [2.24, 2.45) is 11.7 Å². The van der Waals surface area contributed by atoms with Gasteiger partial charge in [-0.1, -0.05) is 6.92 Å². The Labute approximate surface area is 99.5 Å². The van der Waals surface area contributed by atoms with E-state index in [-0.39, 0.29) is 11.9 Å². The number of amides is 1. The van der Waals surface area contributed by atoms with Gasteiger partial charge < -0.3 is 10.6 Å². The zero-order valence-corrected chi connectivity index (χ0v) is 10.5. The van der Waals surface area contributed by atoms with Crippen LogP contribution in [0.1, 0.15) is 28.7 Å². The van der Waals surface area contributed by atoms with Crippen LogP contribution in [-0.4, -0.2) is 34.9 Å². The Hall–Kier alpha value is -0.940. The highest BCUT2D eigenvalue weighted by Crippen LogP contribution is 2.20. The van der Waals surface area contributed by atoms with E-state index in [1.54, 1.807) is 5.51 Å². The van der Waals surface area contributed by atoms with Crippen LogP contribution in [0.3, 0.4) is 0 Å². The molecule has 1 saturated heterocycles. The normalized spacial score (nSPS) is 25.8. The van der Waals surface area contributed by atoms with Crippen molar-refractivity contribution in [3.63, 3.8) is 0 Å². The van der Waals surface area contributed by atoms with Crippen LogP contribution in [0.15, 0.2) is 5.51 Å². The summed E-state index contributed by atoms with van der Waals surface area (Å²) < 4.78 is 0. The number of aromatic nitrogens is 1. The second-order valence-corrected chi connectivity index (χ2v) is 5.30. The third kappa shape index (κ3) is 2.10. The maximum Gasteiger partial charge on any atom is 0.265 e. The molecule has 1 aromatic rings. The number of aryl methyl sites for hydroxylation is 1. The number of likely N-dealkylation sites (tertiary alicyclic amines) is 1. The van der Waals surface area contributed by atoms with Crippen LogP contribution < -0.4 is 5.73 Å². The molecule has 5 heteroatoms. The first kappa shape index (κ1) is 11.5. The van der Waals surface area contributed by atoms with Gasteiger partial charge in [0, 0.05) is 19.1 Å². The summed E-state index contributed by atoms with van der Waals surface area (Å²) in [5.41, 5.74) is 8.50. The Balaban J connectivity index is 2.09. The number of carbonyl (C=O) groups excluding carboxylic acids is 1. The lowest BCUT2D eigenvalue weighted by molar-refractivity contribution is 0.0668. The maximum atomic E-state index is 12.2. The van der Waals surface area contributed by atoms with Gasteiger partial charge in [0.05, 0.1) is 11.2 Å². The number of thiazole rings is 1. The highest BCUT2D eigenvalue weighted by atomic mass is 32.1. The Morgan fingerprint density at radius 3 is 3.00 bits per heavy atom. The molecule has 2 atom stereocenters. The van der Waals surface area contributed by atoms with E-state index < -0.39 is 0 Å². The van der Waals surface area contributed by atoms with Crippen molar-refractivity contribution in [2.45, 2.75) is 26.3 Å². The van der Waals surface area contributed by atoms with E-state index in [2.05, 4.69) is 11.9 Å². The predicted octanol–water partition coefficient (Wildman–Crippen LogP) is 1.26. The molecule has 88 valence electrons. The standard InChI is InChI=1S/C11H17N3OS/c1-7-5-14(4-3-9(7)12)11(15)10-8(2)13-6-16-10/h6-7,9H,3-5,12H2,1-2H3. The van der Waals surface area contributed by atoms with Gasteiger partial charge in [-0.05, 0) is 19.3 Å². The SMILES string of the molecule is Cc1ncsc1C(=O)N1CCC(N)C(C)C1. The van der Waals surface area contributed by atoms with Crippen molar-refractivity contribution < 1.29 is 4.79 Å². The van der Waals surface area contributed by atoms with Crippen molar-refractivity contribution in [1.82, 2.24) is 9.88 Å². The first-order valence-electron chi connectivity index (χ1n) is 5.54. The number of piperidine rings is 1. The van der Waals surface area contributed by atoms with Crippen LogP contribution in [0.2, 0.25) is 0 Å². The molecule has 2 N–H and O–H groups in total. The fourth-order valence-corrected chi connectivity index (χ4v) is 2.77. The van der Waals surface area contributed by atoms with Crippen LogP contribution in [-0.2, 0) is 0 Å². The number of hydrogen-bond acceptors (Lipinski definition) is 4. The third-order valence-corrected chi connectivity index (χ3v) is 4.12. The smallest absolute Gasteiger partial charge is 0.265 e. The Morgan fingerprint density at radius 2 is 2.44 bits per heavy atom. The van der Waals surface area contributed by atoms with Gasteiger partial charge in [-0.3, -0.25) is 4.79 Å². The summed E-state index contributed by atoms with van der Waals surface area (Å²) >= 11 is 1.42. The van der Waals surface area contributed by atoms with Crippen molar-refractivity contribution in [2.75, 3.05) is 13.1 Å². The average molecular weight is 239 g/mol. The Bertz CT molecular complexity index is 390. The van der Waals surface area contributed by atoms with Crippen LogP contribution in [0, 0.1) is 12.8 Å². The van der Waals surface area contributed by atoms with Gasteiger partial charge in [0.2, 0.25) is 0 Å². The van der Waals surface area contributed by atoms with Gasteiger partial charge in [-0.15, -0.1) is 11.3 Å². The molecule has 2 rings (SSSR count). The number of carbonyl (C=O) groups is 1. The number of nitrogens with zero attached hydrogens (tertiary/aromatic N) is 2. The van der Waals surface area contributed by atoms with Crippen molar-refractivity contribution in [3.8, 4) is 0 Å². The molecule has 4 nitrogen and oxygen atoms in total. The number of hydrogen-bond donors (Lipinski definition) is 1. The van der Waals surface area contributed by atoms with Crippen molar-refractivity contribution in [1.29, 1.82) is 0 Å². The molecule has 0 aromatic carbocycles. The molecule has 1 aliphatic rings. The molecule has 1 fully saturated rings. The van der Waals surface area contributed by atoms with Crippen molar-refractivity contribution >= 4 is 17.2 Å². The zero-order valence-electron chi connectivity index (χ0n) is 9.64. The van der Waals surface area contributed by atoms with E-state index in [1.165, 1.54) is 11.3 Å². The minimum Gasteiger partial charge on any atom is -0.338 e. The van der Waals surface area contributed by atoms with E-state index in [9.17, 15) is 4.79 Å². The molecule has 0 spiro atoms. The molecule has 0 bridgehead atoms. The lowest BCUT2D eigenvalue weighted by Crippen LogP contribution is -2.48. The monoisotopic (exact) mass is 239 g/mol. The molecule has 2 unspecified atom stereocenters. The van der Waals surface area contributed by atoms with Gasteiger partial charge in [0.15, 0.2) is 0 Å². The minimum absolute atomic E-state index is 0.110. The lowest BCUT2D eigenvalue weighted by Gasteiger charge is -2.34. The summed E-state index contributed by atoms with van der Waals surface area (Å²) in [6.07, 6.45) is 0.894. The fourth-order valence-electron chi connectivity index (χ4n) is 2.00. The summed E-state index contributed by atoms with van der Waals surface area (Å²) in [6.45, 7) is 5.51. The molecule has 0 saturated carbocycles. The van der Waals surface area contributed by atoms with E-state index >= 15 is 0 Å². The number of nitrogens with two attached hydrogens (primary N) is 1. The molecular weight excluding hydrogens is 222 g/mol. The molecule has 1 aromatic heterocycles. The highest BCUT2D eigenvalue weighted by molar-refractivity contribution is 7.11. The van der Waals surface area contributed by atoms with E-state index in [1.807, 2.05) is 11.8 Å². The molecule has 0 aliphatic carbocycles. The summed E-state index contributed by atoms with van der Waals surface area (Å²) in [4.78, 5) is 19.0. The summed E-state index contributed by atoms with van der Waals surface area (Å²) in [5, 5.41) is 0. The first-order chi connectivity index (χ1) is 7.59. The van der Waals surface area contributed by atoms with Gasteiger partial charge in [-0.2, -0.15) is 0 Å². The van der Waals surface area contributed by atoms with Crippen LogP contribution in [0.5, 0.6) is 0 Å². The van der Waals surface area contributed by atoms with E-state index in [0.29, 0.717) is 5.92 Å². The second kappa shape index (κ2) is 4.51. The van der Waals surface area contributed by atoms with Gasteiger partial charge >= 0.3 is 0 Å². The molecule has 1 aliphatic heterocycles. The predicted molar refractivity (Wildman–Crippen MR) is 64.5 cm³/mol. The summed E-state index contributed by atoms with van der Waals surface area (Å²) in [7, 11) is 0. The first-order valence-corrected chi connectivity index (χ1v) is 6.42. The lowest BCUT2D eigenvalue weighted by atomic mass is 9.95. The second-order valence-electron chi connectivity index (χ2n) is 4.45. The molecule has 16 heavy (non-hydrogen) atoms. The third-order valence-electron chi connectivity index (χ3n) is 3.20. The largest absolute Gasteiger partial charge is 0.338 e. The van der Waals surface area contributed by atoms with Crippen molar-refractivity contribution in [3.05, 3.63) is 16.1 Å².